The molecule has 5 heteroatoms. The molecule has 0 spiro atoms. The number of aromatic carboxylic acids is 1. The van der Waals surface area contributed by atoms with Gasteiger partial charge in [0.1, 0.15) is 17.1 Å². The normalized spacial score (nSPS) is 9.69. The van der Waals surface area contributed by atoms with Crippen molar-refractivity contribution in [3.8, 4) is 11.5 Å². The lowest BCUT2D eigenvalue weighted by Gasteiger charge is -2.05. The maximum atomic E-state index is 10.6. The number of hydrogen-bond acceptors (Lipinski definition) is 3. The lowest BCUT2D eigenvalue weighted by molar-refractivity contribution is 0.0693. The molecule has 0 atom stereocenters. The third kappa shape index (κ3) is 2.03. The maximum absolute atomic E-state index is 10.6. The quantitative estimate of drug-likeness (QED) is 0.815. The molecular weight excluding hydrogens is 287 g/mol. The Kier molecular flexibility index (Phi) is 2.97. The Labute approximate surface area is 88.3 Å². The first kappa shape index (κ1) is 10.1. The zero-order valence-corrected chi connectivity index (χ0v) is 8.90. The molecular formula is C8H7IO4. The second-order valence-corrected chi connectivity index (χ2v) is 3.47. The van der Waals surface area contributed by atoms with Gasteiger partial charge in [-0.05, 0) is 34.7 Å². The third-order valence-electron chi connectivity index (χ3n) is 1.50. The molecule has 0 saturated carbocycles. The summed E-state index contributed by atoms with van der Waals surface area (Å²) in [5.74, 6) is -0.984. The zero-order valence-electron chi connectivity index (χ0n) is 6.74. The van der Waals surface area contributed by atoms with E-state index in [0.717, 1.165) is 0 Å². The number of methoxy groups -OCH3 is 1. The summed E-state index contributed by atoms with van der Waals surface area (Å²) in [6.07, 6.45) is 0. The number of carboxylic acid groups (broad SMARTS) is 1. The van der Waals surface area contributed by atoms with Crippen molar-refractivity contribution in [2.45, 2.75) is 0 Å². The number of benzene rings is 1. The Hall–Kier alpha value is -0.980. The van der Waals surface area contributed by atoms with Crippen molar-refractivity contribution < 1.29 is 19.7 Å². The molecule has 2 N–H and O–H groups in total. The molecule has 0 aliphatic carbocycles. The van der Waals surface area contributed by atoms with E-state index in [9.17, 15) is 9.90 Å². The summed E-state index contributed by atoms with van der Waals surface area (Å²) in [5.41, 5.74) is -0.149. The summed E-state index contributed by atoms with van der Waals surface area (Å²) in [6.45, 7) is 0. The molecule has 0 aliphatic heterocycles. The SMILES string of the molecule is COc1cc(I)c(O)c(C(=O)O)c1. The van der Waals surface area contributed by atoms with Crippen LogP contribution in [0, 0.1) is 3.57 Å². The Bertz CT molecular complexity index is 348. The second kappa shape index (κ2) is 3.82. The Morgan fingerprint density at radius 1 is 1.54 bits per heavy atom. The van der Waals surface area contributed by atoms with Crippen LogP contribution in [0.5, 0.6) is 11.5 Å². The van der Waals surface area contributed by atoms with E-state index >= 15 is 0 Å². The average Bonchev–Trinajstić information content (AvgIpc) is 2.09. The number of carbonyl (C=O) groups is 1. The van der Waals surface area contributed by atoms with Crippen molar-refractivity contribution in [1.82, 2.24) is 0 Å². The van der Waals surface area contributed by atoms with Crippen molar-refractivity contribution in [2.75, 3.05) is 7.11 Å². The number of rotatable bonds is 2. The van der Waals surface area contributed by atoms with E-state index < -0.39 is 5.97 Å². The van der Waals surface area contributed by atoms with Crippen molar-refractivity contribution >= 4 is 28.6 Å². The van der Waals surface area contributed by atoms with Crippen LogP contribution in [0.15, 0.2) is 12.1 Å². The minimum Gasteiger partial charge on any atom is -0.506 e. The molecule has 13 heavy (non-hydrogen) atoms. The van der Waals surface area contributed by atoms with Gasteiger partial charge >= 0.3 is 5.97 Å². The molecule has 0 bridgehead atoms. The fourth-order valence-corrected chi connectivity index (χ4v) is 1.45. The second-order valence-electron chi connectivity index (χ2n) is 2.31. The number of aromatic hydroxyl groups is 1. The summed E-state index contributed by atoms with van der Waals surface area (Å²) in [7, 11) is 1.44. The standard InChI is InChI=1S/C8H7IO4/c1-13-4-2-5(8(11)12)7(10)6(9)3-4/h2-3,10H,1H3,(H,11,12). The molecule has 1 aromatic carbocycles. The highest BCUT2D eigenvalue weighted by atomic mass is 127. The summed E-state index contributed by atoms with van der Waals surface area (Å²) in [6, 6.07) is 2.84. The molecule has 0 radical (unpaired) electrons. The van der Waals surface area contributed by atoms with Crippen LogP contribution in [0.4, 0.5) is 0 Å². The first-order chi connectivity index (χ1) is 6.06. The van der Waals surface area contributed by atoms with Gasteiger partial charge in [-0.15, -0.1) is 0 Å². The fourth-order valence-electron chi connectivity index (χ4n) is 0.855. The van der Waals surface area contributed by atoms with Crippen molar-refractivity contribution in [3.05, 3.63) is 21.3 Å². The first-order valence-electron chi connectivity index (χ1n) is 3.36. The van der Waals surface area contributed by atoms with Crippen LogP contribution >= 0.6 is 22.6 Å². The summed E-state index contributed by atoms with van der Waals surface area (Å²) < 4.78 is 5.31. The van der Waals surface area contributed by atoms with Gasteiger partial charge in [0, 0.05) is 0 Å². The van der Waals surface area contributed by atoms with E-state index in [0.29, 0.717) is 9.32 Å². The van der Waals surface area contributed by atoms with Crippen LogP contribution in [-0.4, -0.2) is 23.3 Å². The molecule has 4 nitrogen and oxygen atoms in total. The molecule has 0 heterocycles. The molecule has 0 fully saturated rings. The minimum absolute atomic E-state index is 0.149. The van der Waals surface area contributed by atoms with Gasteiger partial charge < -0.3 is 14.9 Å². The largest absolute Gasteiger partial charge is 0.506 e. The topological polar surface area (TPSA) is 66.8 Å². The van der Waals surface area contributed by atoms with Gasteiger partial charge in [0.25, 0.3) is 0 Å². The van der Waals surface area contributed by atoms with E-state index in [1.807, 2.05) is 22.6 Å². The molecule has 0 amide bonds. The van der Waals surface area contributed by atoms with Crippen molar-refractivity contribution in [3.63, 3.8) is 0 Å². The lowest BCUT2D eigenvalue weighted by Crippen LogP contribution is -1.99. The van der Waals surface area contributed by atoms with E-state index in [4.69, 9.17) is 9.84 Å². The van der Waals surface area contributed by atoms with Crippen LogP contribution in [0.25, 0.3) is 0 Å². The highest BCUT2D eigenvalue weighted by Gasteiger charge is 2.14. The number of phenols is 1. The average molecular weight is 294 g/mol. The predicted octanol–water partition coefficient (Wildman–Crippen LogP) is 1.70. The number of ether oxygens (including phenoxy) is 1. The summed E-state index contributed by atoms with van der Waals surface area (Å²) in [5, 5.41) is 18.0. The van der Waals surface area contributed by atoms with Gasteiger partial charge in [0.05, 0.1) is 10.7 Å². The molecule has 1 aromatic rings. The van der Waals surface area contributed by atoms with Crippen LogP contribution in [0.1, 0.15) is 10.4 Å². The Balaban J connectivity index is 3.33. The molecule has 1 rings (SSSR count). The van der Waals surface area contributed by atoms with Gasteiger partial charge in [0.2, 0.25) is 0 Å². The van der Waals surface area contributed by atoms with E-state index in [1.165, 1.54) is 13.2 Å². The highest BCUT2D eigenvalue weighted by molar-refractivity contribution is 14.1. The third-order valence-corrected chi connectivity index (χ3v) is 2.33. The fraction of sp³-hybridized carbons (Fsp3) is 0.125. The van der Waals surface area contributed by atoms with Crippen molar-refractivity contribution in [1.29, 1.82) is 0 Å². The summed E-state index contributed by atoms with van der Waals surface area (Å²) >= 11 is 1.84. The summed E-state index contributed by atoms with van der Waals surface area (Å²) in [4.78, 5) is 10.6. The van der Waals surface area contributed by atoms with E-state index in [2.05, 4.69) is 0 Å². The maximum Gasteiger partial charge on any atom is 0.339 e. The Morgan fingerprint density at radius 2 is 2.15 bits per heavy atom. The zero-order chi connectivity index (χ0) is 10.0. The van der Waals surface area contributed by atoms with Gasteiger partial charge in [0.15, 0.2) is 0 Å². The monoisotopic (exact) mass is 294 g/mol. The lowest BCUT2D eigenvalue weighted by atomic mass is 10.2. The number of hydrogen-bond donors (Lipinski definition) is 2. The predicted molar refractivity (Wildman–Crippen MR) is 54.3 cm³/mol. The molecule has 0 saturated heterocycles. The van der Waals surface area contributed by atoms with E-state index in [-0.39, 0.29) is 11.3 Å². The molecule has 70 valence electrons. The molecule has 0 aliphatic rings. The van der Waals surface area contributed by atoms with Crippen LogP contribution in [-0.2, 0) is 0 Å². The van der Waals surface area contributed by atoms with E-state index in [1.54, 1.807) is 6.07 Å². The Morgan fingerprint density at radius 3 is 2.62 bits per heavy atom. The smallest absolute Gasteiger partial charge is 0.339 e. The first-order valence-corrected chi connectivity index (χ1v) is 4.44. The van der Waals surface area contributed by atoms with Crippen LogP contribution < -0.4 is 4.74 Å². The van der Waals surface area contributed by atoms with Crippen molar-refractivity contribution in [2.24, 2.45) is 0 Å². The van der Waals surface area contributed by atoms with Crippen LogP contribution in [0.2, 0.25) is 0 Å². The molecule has 0 unspecified atom stereocenters. The minimum atomic E-state index is -1.17. The van der Waals surface area contributed by atoms with Gasteiger partial charge in [-0.3, -0.25) is 0 Å². The number of carboxylic acids is 1. The highest BCUT2D eigenvalue weighted by Crippen LogP contribution is 2.29. The number of halogens is 1. The van der Waals surface area contributed by atoms with Crippen LogP contribution in [0.3, 0.4) is 0 Å². The van der Waals surface area contributed by atoms with Gasteiger partial charge in [-0.25, -0.2) is 4.79 Å². The van der Waals surface area contributed by atoms with Gasteiger partial charge in [-0.1, -0.05) is 0 Å². The molecule has 0 aromatic heterocycles. The van der Waals surface area contributed by atoms with Gasteiger partial charge in [-0.2, -0.15) is 0 Å².